The summed E-state index contributed by atoms with van der Waals surface area (Å²) in [4.78, 5) is 25.1. The predicted molar refractivity (Wildman–Crippen MR) is 278 cm³/mol. The summed E-state index contributed by atoms with van der Waals surface area (Å²) in [5, 5.41) is 54.1. The first kappa shape index (κ1) is 63.4. The zero-order chi connectivity index (χ0) is 49.6. The molecule has 1 saturated heterocycles. The normalized spacial score (nSPS) is 19.9. The van der Waals surface area contributed by atoms with E-state index in [1.165, 1.54) is 116 Å². The Morgan fingerprint density at radius 3 is 1.62 bits per heavy atom. The van der Waals surface area contributed by atoms with Crippen LogP contribution in [0.3, 0.4) is 0 Å². The van der Waals surface area contributed by atoms with Gasteiger partial charge < -0.3 is 45.1 Å². The van der Waals surface area contributed by atoms with Crippen LogP contribution in [0, 0.1) is 0 Å². The number of rotatable bonds is 46. The molecule has 0 aliphatic carbocycles. The van der Waals surface area contributed by atoms with Crippen molar-refractivity contribution < 1.29 is 49.3 Å². The summed E-state index contributed by atoms with van der Waals surface area (Å²) in [6.07, 6.45) is 49.0. The van der Waals surface area contributed by atoms with Crippen LogP contribution >= 0.6 is 0 Å². The lowest BCUT2D eigenvalue weighted by Crippen LogP contribution is -2.60. The molecule has 0 spiro atoms. The van der Waals surface area contributed by atoms with Crippen molar-refractivity contribution in [1.82, 2.24) is 5.32 Å². The molecule has 394 valence electrons. The Morgan fingerprint density at radius 2 is 1.06 bits per heavy atom. The molecule has 6 N–H and O–H groups in total. The van der Waals surface area contributed by atoms with Gasteiger partial charge in [0.25, 0.3) is 0 Å². The summed E-state index contributed by atoms with van der Waals surface area (Å²) in [6, 6.07) is -0.843. The number of aliphatic hydroxyl groups is 5. The quantitative estimate of drug-likeness (QED) is 0.0196. The number of unbranched alkanes of at least 4 members (excludes halogenated alkanes) is 25. The first-order chi connectivity index (χ1) is 33.2. The fourth-order valence-corrected chi connectivity index (χ4v) is 8.27. The third kappa shape index (κ3) is 36.3. The first-order valence-electron chi connectivity index (χ1n) is 27.5. The van der Waals surface area contributed by atoms with Crippen molar-refractivity contribution in [3.05, 3.63) is 60.8 Å². The molecular weight excluding hydrogens is 859 g/mol. The second-order valence-corrected chi connectivity index (χ2v) is 18.9. The van der Waals surface area contributed by atoms with E-state index in [4.69, 9.17) is 14.2 Å². The molecule has 0 aromatic carbocycles. The summed E-state index contributed by atoms with van der Waals surface area (Å²) in [5.74, 6) is -0.245. The van der Waals surface area contributed by atoms with Crippen LogP contribution in [0.4, 0.5) is 0 Å². The highest BCUT2D eigenvalue weighted by Crippen LogP contribution is 2.23. The number of hydrogen-bond donors (Lipinski definition) is 6. The molecule has 1 aliphatic rings. The average Bonchev–Trinajstić information content (AvgIpc) is 3.33. The second-order valence-electron chi connectivity index (χ2n) is 18.9. The number of allylic oxidation sites excluding steroid dienone is 9. The van der Waals surface area contributed by atoms with Gasteiger partial charge in [-0.3, -0.25) is 9.59 Å². The molecule has 1 rings (SSSR count). The highest BCUT2D eigenvalue weighted by Gasteiger charge is 2.44. The maximum atomic E-state index is 13.0. The molecule has 11 nitrogen and oxygen atoms in total. The standard InChI is InChI=1S/C57H101NO10/c1-3-5-7-9-11-13-14-15-16-17-18-22-25-29-33-37-41-45-53(62)66-46-42-38-34-30-26-23-20-19-21-24-28-32-36-40-44-52(61)58-49(50(60)43-39-35-31-27-12-10-8-6-4-2)48-67-57-56(65)55(64)54(63)51(47-59)68-57/h4,6,11-13,15-16,27,39,43,49-51,54-57,59-60,63-65H,3,5,7-10,14,17-26,28-38,40-42,44-48H2,1-2H3,(H,58,61)/b6-4+,13-11-,16-15-,27-12+,43-39+. The van der Waals surface area contributed by atoms with Gasteiger partial charge in [-0.05, 0) is 84.0 Å². The Kier molecular flexibility index (Phi) is 43.5. The predicted octanol–water partition coefficient (Wildman–Crippen LogP) is 11.9. The van der Waals surface area contributed by atoms with Crippen LogP contribution in [0.5, 0.6) is 0 Å². The molecule has 0 saturated carbocycles. The summed E-state index contributed by atoms with van der Waals surface area (Å²) < 4.78 is 16.6. The Morgan fingerprint density at radius 1 is 0.574 bits per heavy atom. The first-order valence-corrected chi connectivity index (χ1v) is 27.5. The van der Waals surface area contributed by atoms with E-state index in [0.29, 0.717) is 25.9 Å². The van der Waals surface area contributed by atoms with Crippen molar-refractivity contribution in [3.63, 3.8) is 0 Å². The van der Waals surface area contributed by atoms with Crippen molar-refractivity contribution in [3.8, 4) is 0 Å². The number of carbonyl (C=O) groups is 2. The van der Waals surface area contributed by atoms with Gasteiger partial charge >= 0.3 is 5.97 Å². The molecule has 0 aromatic heterocycles. The van der Waals surface area contributed by atoms with Crippen LogP contribution in [0.25, 0.3) is 0 Å². The van der Waals surface area contributed by atoms with E-state index in [2.05, 4.69) is 54.8 Å². The summed E-state index contributed by atoms with van der Waals surface area (Å²) in [5.41, 5.74) is 0. The van der Waals surface area contributed by atoms with Gasteiger partial charge in [-0.2, -0.15) is 0 Å². The van der Waals surface area contributed by atoms with E-state index in [0.717, 1.165) is 77.0 Å². The van der Waals surface area contributed by atoms with Gasteiger partial charge in [-0.1, -0.05) is 190 Å². The van der Waals surface area contributed by atoms with Gasteiger partial charge in [0.05, 0.1) is 32.0 Å². The van der Waals surface area contributed by atoms with E-state index in [9.17, 15) is 35.1 Å². The van der Waals surface area contributed by atoms with Crippen LogP contribution in [0.1, 0.15) is 226 Å². The van der Waals surface area contributed by atoms with E-state index in [-0.39, 0.29) is 18.5 Å². The van der Waals surface area contributed by atoms with Crippen molar-refractivity contribution in [2.75, 3.05) is 19.8 Å². The molecule has 0 bridgehead atoms. The van der Waals surface area contributed by atoms with Crippen molar-refractivity contribution >= 4 is 11.9 Å². The number of esters is 1. The lowest BCUT2D eigenvalue weighted by Gasteiger charge is -2.40. The second kappa shape index (κ2) is 46.7. The Hall–Kier alpha value is -2.64. The van der Waals surface area contributed by atoms with E-state index < -0.39 is 49.5 Å². The van der Waals surface area contributed by atoms with Crippen molar-refractivity contribution in [2.24, 2.45) is 0 Å². The fourth-order valence-electron chi connectivity index (χ4n) is 8.27. The van der Waals surface area contributed by atoms with Gasteiger partial charge in [0.1, 0.15) is 24.4 Å². The minimum atomic E-state index is -1.58. The van der Waals surface area contributed by atoms with Gasteiger partial charge in [0.2, 0.25) is 5.91 Å². The van der Waals surface area contributed by atoms with Crippen LogP contribution in [-0.4, -0.2) is 100 Å². The molecule has 68 heavy (non-hydrogen) atoms. The average molecular weight is 960 g/mol. The SMILES string of the molecule is C/C=C/CC/C=C/CC/C=C/C(O)C(COC1OC(CO)C(O)C(O)C1O)NC(=O)CCCCCCCCCCCCCCCCOC(=O)CCCCCCCCC/C=C\C/C=C\CCCCC. The maximum Gasteiger partial charge on any atom is 0.305 e. The number of hydrogen-bond acceptors (Lipinski definition) is 10. The molecule has 0 radical (unpaired) electrons. The topological polar surface area (TPSA) is 175 Å². The number of carbonyl (C=O) groups excluding carboxylic acids is 2. The Bertz CT molecular complexity index is 1310. The van der Waals surface area contributed by atoms with E-state index >= 15 is 0 Å². The van der Waals surface area contributed by atoms with Crippen LogP contribution < -0.4 is 5.32 Å². The Balaban J connectivity index is 2.07. The summed E-state index contributed by atoms with van der Waals surface area (Å²) in [6.45, 7) is 4.01. The lowest BCUT2D eigenvalue weighted by molar-refractivity contribution is -0.302. The van der Waals surface area contributed by atoms with Crippen molar-refractivity contribution in [1.29, 1.82) is 0 Å². The third-order valence-corrected chi connectivity index (χ3v) is 12.7. The van der Waals surface area contributed by atoms with Gasteiger partial charge in [0, 0.05) is 12.8 Å². The van der Waals surface area contributed by atoms with Crippen LogP contribution in [0.2, 0.25) is 0 Å². The van der Waals surface area contributed by atoms with E-state index in [1.54, 1.807) is 6.08 Å². The number of amides is 1. The van der Waals surface area contributed by atoms with E-state index in [1.807, 2.05) is 19.1 Å². The minimum Gasteiger partial charge on any atom is -0.466 e. The van der Waals surface area contributed by atoms with Gasteiger partial charge in [-0.25, -0.2) is 0 Å². The molecule has 1 fully saturated rings. The molecule has 1 heterocycles. The Labute approximate surface area is 414 Å². The smallest absolute Gasteiger partial charge is 0.305 e. The van der Waals surface area contributed by atoms with Crippen molar-refractivity contribution in [2.45, 2.75) is 269 Å². The fraction of sp³-hybridized carbons (Fsp3) is 0.789. The molecule has 7 atom stereocenters. The maximum absolute atomic E-state index is 13.0. The molecule has 11 heteroatoms. The highest BCUT2D eigenvalue weighted by molar-refractivity contribution is 5.76. The summed E-state index contributed by atoms with van der Waals surface area (Å²) in [7, 11) is 0. The minimum absolute atomic E-state index is 0.0335. The third-order valence-electron chi connectivity index (χ3n) is 12.7. The number of aliphatic hydroxyl groups excluding tert-OH is 5. The van der Waals surface area contributed by atoms with Crippen LogP contribution in [-0.2, 0) is 23.8 Å². The summed E-state index contributed by atoms with van der Waals surface area (Å²) >= 11 is 0. The lowest BCUT2D eigenvalue weighted by atomic mass is 9.99. The molecular formula is C57H101NO10. The highest BCUT2D eigenvalue weighted by atomic mass is 16.7. The molecule has 0 aromatic rings. The molecule has 1 amide bonds. The zero-order valence-electron chi connectivity index (χ0n) is 43.0. The number of nitrogens with one attached hydrogen (secondary N) is 1. The monoisotopic (exact) mass is 960 g/mol. The zero-order valence-corrected chi connectivity index (χ0v) is 43.0. The van der Waals surface area contributed by atoms with Gasteiger partial charge in [-0.15, -0.1) is 0 Å². The van der Waals surface area contributed by atoms with Gasteiger partial charge in [0.15, 0.2) is 6.29 Å². The molecule has 1 aliphatic heterocycles. The van der Waals surface area contributed by atoms with Crippen LogP contribution in [0.15, 0.2) is 60.8 Å². The molecule has 7 unspecified atom stereocenters. The number of ether oxygens (including phenoxy) is 3. The largest absolute Gasteiger partial charge is 0.466 e.